The summed E-state index contributed by atoms with van der Waals surface area (Å²) in [4.78, 5) is 0. The van der Waals surface area contributed by atoms with E-state index in [2.05, 4.69) is 53.8 Å². The molecule has 1 aliphatic carbocycles. The van der Waals surface area contributed by atoms with Crippen LogP contribution in [0.4, 0.5) is 0 Å². The van der Waals surface area contributed by atoms with Crippen LogP contribution in [-0.4, -0.2) is 45.6 Å². The predicted octanol–water partition coefficient (Wildman–Crippen LogP) is 5.93. The van der Waals surface area contributed by atoms with Gasteiger partial charge in [0.2, 0.25) is 0 Å². The lowest BCUT2D eigenvalue weighted by molar-refractivity contribution is -0.0889. The molecule has 0 atom stereocenters. The molecule has 0 aromatic heterocycles. The summed E-state index contributed by atoms with van der Waals surface area (Å²) in [6.45, 7) is 2.82. The van der Waals surface area contributed by atoms with Gasteiger partial charge in [0.15, 0.2) is 0 Å². The maximum atomic E-state index is 10.7. The maximum Gasteiger partial charge on any atom is 0.143 e. The molecule has 5 heteroatoms. The number of nitrogens with one attached hydrogen (secondary N) is 1. The lowest BCUT2D eigenvalue weighted by atomic mass is 9.61. The van der Waals surface area contributed by atoms with Gasteiger partial charge in [-0.2, -0.15) is 0 Å². The van der Waals surface area contributed by atoms with Crippen molar-refractivity contribution in [2.45, 2.75) is 44.1 Å². The number of piperidine rings is 1. The molecule has 0 bridgehead atoms. The van der Waals surface area contributed by atoms with Crippen LogP contribution in [0.2, 0.25) is 0 Å². The highest BCUT2D eigenvalue weighted by Crippen LogP contribution is 2.51. The third-order valence-corrected chi connectivity index (χ3v) is 9.14. The number of aliphatic hydroxyl groups excluding tert-OH is 1. The third-order valence-electron chi connectivity index (χ3n) is 9.14. The van der Waals surface area contributed by atoms with Crippen LogP contribution in [0.3, 0.4) is 0 Å². The van der Waals surface area contributed by atoms with Crippen LogP contribution in [0.25, 0.3) is 0 Å². The Bertz CT molecular complexity index is 1100. The van der Waals surface area contributed by atoms with Gasteiger partial charge >= 0.3 is 0 Å². The Balaban J connectivity index is 1.54. The van der Waals surface area contributed by atoms with Crippen LogP contribution in [-0.2, 0) is 10.3 Å². The molecule has 1 saturated heterocycles. The fraction of sp³-hybridized carbons (Fsp3) is 0.455. The van der Waals surface area contributed by atoms with E-state index in [0.29, 0.717) is 12.0 Å². The number of hydrogen-bond donors (Lipinski definition) is 2. The molecular formula is C33H41NO4. The number of rotatable bonds is 9. The van der Waals surface area contributed by atoms with Crippen molar-refractivity contribution in [3.63, 3.8) is 0 Å². The van der Waals surface area contributed by atoms with Gasteiger partial charge in [0.05, 0.1) is 27.4 Å². The lowest BCUT2D eigenvalue weighted by Crippen LogP contribution is -2.46. The molecule has 1 aliphatic heterocycles. The molecule has 3 aromatic carbocycles. The first kappa shape index (κ1) is 26.7. The van der Waals surface area contributed by atoms with E-state index in [-0.39, 0.29) is 12.0 Å². The average Bonchev–Trinajstić information content (AvgIpc) is 3.00. The molecule has 1 spiro atoms. The SMILES string of the molecule is COc1ccc(C(OCC2(CO)CCC3(CCNCC3)CC2)(c2ccccc2)c2ccc(OC)cc2)cc1. The van der Waals surface area contributed by atoms with E-state index in [1.807, 2.05) is 30.3 Å². The Kier molecular flexibility index (Phi) is 8.08. The molecule has 5 nitrogen and oxygen atoms in total. The first-order chi connectivity index (χ1) is 18.6. The first-order valence-corrected chi connectivity index (χ1v) is 13.9. The highest BCUT2D eigenvalue weighted by atomic mass is 16.5. The van der Waals surface area contributed by atoms with Crippen LogP contribution in [0.5, 0.6) is 11.5 Å². The van der Waals surface area contributed by atoms with Crippen LogP contribution in [0, 0.1) is 10.8 Å². The minimum Gasteiger partial charge on any atom is -0.497 e. The summed E-state index contributed by atoms with van der Waals surface area (Å²) in [6, 6.07) is 26.7. The topological polar surface area (TPSA) is 60.0 Å². The van der Waals surface area contributed by atoms with E-state index in [0.717, 1.165) is 67.0 Å². The maximum absolute atomic E-state index is 10.7. The van der Waals surface area contributed by atoms with Gasteiger partial charge in [-0.05, 0) is 98.0 Å². The minimum absolute atomic E-state index is 0.136. The first-order valence-electron chi connectivity index (χ1n) is 13.9. The highest BCUT2D eigenvalue weighted by molar-refractivity contribution is 5.49. The quantitative estimate of drug-likeness (QED) is 0.346. The van der Waals surface area contributed by atoms with Crippen LogP contribution < -0.4 is 14.8 Å². The molecule has 38 heavy (non-hydrogen) atoms. The number of hydrogen-bond acceptors (Lipinski definition) is 5. The lowest BCUT2D eigenvalue weighted by Gasteiger charge is -2.49. The van der Waals surface area contributed by atoms with E-state index < -0.39 is 5.60 Å². The van der Waals surface area contributed by atoms with Crippen LogP contribution >= 0.6 is 0 Å². The molecule has 5 rings (SSSR count). The van der Waals surface area contributed by atoms with Gasteiger partial charge in [0.1, 0.15) is 17.1 Å². The Morgan fingerprint density at radius 1 is 0.684 bits per heavy atom. The van der Waals surface area contributed by atoms with Crippen molar-refractivity contribution in [3.05, 3.63) is 95.6 Å². The Labute approximate surface area is 227 Å². The largest absolute Gasteiger partial charge is 0.497 e. The standard InChI is InChI=1S/C33H41NO4/c1-36-29-12-8-27(9-13-29)33(26-6-4-3-5-7-26,28-10-14-30(37-2)15-11-28)38-25-32(24-35)18-16-31(17-19-32)20-22-34-23-21-31/h3-15,34-35H,16-25H2,1-2H3. The molecular weight excluding hydrogens is 474 g/mol. The van der Waals surface area contributed by atoms with Gasteiger partial charge < -0.3 is 24.6 Å². The average molecular weight is 516 g/mol. The zero-order valence-corrected chi connectivity index (χ0v) is 22.7. The third kappa shape index (κ3) is 5.20. The summed E-state index contributed by atoms with van der Waals surface area (Å²) in [6.07, 6.45) is 6.76. The Morgan fingerprint density at radius 3 is 1.66 bits per heavy atom. The van der Waals surface area contributed by atoms with Gasteiger partial charge in [-0.1, -0.05) is 54.6 Å². The second-order valence-electron chi connectivity index (χ2n) is 11.2. The Morgan fingerprint density at radius 2 is 1.18 bits per heavy atom. The summed E-state index contributed by atoms with van der Waals surface area (Å²) in [5.74, 6) is 1.61. The molecule has 0 unspecified atom stereocenters. The highest BCUT2D eigenvalue weighted by Gasteiger charge is 2.46. The van der Waals surface area contributed by atoms with E-state index in [4.69, 9.17) is 14.2 Å². The Hall–Kier alpha value is -2.86. The van der Waals surface area contributed by atoms with Gasteiger partial charge in [-0.3, -0.25) is 0 Å². The van der Waals surface area contributed by atoms with Gasteiger partial charge in [-0.15, -0.1) is 0 Å². The number of ether oxygens (including phenoxy) is 3. The van der Waals surface area contributed by atoms with Crippen LogP contribution in [0.15, 0.2) is 78.9 Å². The second kappa shape index (κ2) is 11.5. The fourth-order valence-electron chi connectivity index (χ4n) is 6.45. The van der Waals surface area contributed by atoms with Gasteiger partial charge in [0, 0.05) is 5.41 Å². The second-order valence-corrected chi connectivity index (χ2v) is 11.2. The zero-order valence-electron chi connectivity index (χ0n) is 22.7. The van der Waals surface area contributed by atoms with Crippen molar-refractivity contribution in [1.29, 1.82) is 0 Å². The van der Waals surface area contributed by atoms with Crippen LogP contribution in [0.1, 0.15) is 55.2 Å². The molecule has 2 fully saturated rings. The monoisotopic (exact) mass is 515 g/mol. The van der Waals surface area contributed by atoms with E-state index in [1.54, 1.807) is 14.2 Å². The molecule has 0 amide bonds. The summed E-state index contributed by atoms with van der Waals surface area (Å²) in [5, 5.41) is 14.3. The summed E-state index contributed by atoms with van der Waals surface area (Å²) in [7, 11) is 3.37. The predicted molar refractivity (Wildman–Crippen MR) is 151 cm³/mol. The van der Waals surface area contributed by atoms with Crippen molar-refractivity contribution in [2.75, 3.05) is 40.5 Å². The molecule has 2 N–H and O–H groups in total. The number of aliphatic hydroxyl groups is 1. The van der Waals surface area contributed by atoms with Crippen molar-refractivity contribution in [2.24, 2.45) is 10.8 Å². The van der Waals surface area contributed by atoms with E-state index >= 15 is 0 Å². The summed E-state index contributed by atoms with van der Waals surface area (Å²) < 4.78 is 18.1. The summed E-state index contributed by atoms with van der Waals surface area (Å²) in [5.41, 5.74) is 2.41. The van der Waals surface area contributed by atoms with Gasteiger partial charge in [-0.25, -0.2) is 0 Å². The molecule has 1 heterocycles. The molecule has 3 aromatic rings. The number of benzene rings is 3. The minimum atomic E-state index is -0.855. The van der Waals surface area contributed by atoms with Crippen molar-refractivity contribution in [3.8, 4) is 11.5 Å². The smallest absolute Gasteiger partial charge is 0.143 e. The van der Waals surface area contributed by atoms with E-state index in [1.165, 1.54) is 12.8 Å². The molecule has 2 aliphatic rings. The molecule has 0 radical (unpaired) electrons. The molecule has 1 saturated carbocycles. The van der Waals surface area contributed by atoms with Crippen molar-refractivity contribution in [1.82, 2.24) is 5.32 Å². The van der Waals surface area contributed by atoms with Crippen molar-refractivity contribution < 1.29 is 19.3 Å². The van der Waals surface area contributed by atoms with E-state index in [9.17, 15) is 5.11 Å². The van der Waals surface area contributed by atoms with Gasteiger partial charge in [0.25, 0.3) is 0 Å². The summed E-state index contributed by atoms with van der Waals surface area (Å²) >= 11 is 0. The number of methoxy groups -OCH3 is 2. The normalized spacial score (nSPS) is 18.7. The molecule has 202 valence electrons. The van der Waals surface area contributed by atoms with Crippen molar-refractivity contribution >= 4 is 0 Å². The zero-order chi connectivity index (χ0) is 26.5. The fourth-order valence-corrected chi connectivity index (χ4v) is 6.45.